The molecule has 18 rings (SSSR count). The summed E-state index contributed by atoms with van der Waals surface area (Å²) in [6.45, 7) is 11.6. The molecule has 0 radical (unpaired) electrons. The fourth-order valence-corrected chi connectivity index (χ4v) is 14.0. The summed E-state index contributed by atoms with van der Waals surface area (Å²) in [6.07, 6.45) is 22.4. The van der Waals surface area contributed by atoms with Gasteiger partial charge >= 0.3 is 0 Å². The molecular weight excluding hydrogens is 1760 g/mol. The van der Waals surface area contributed by atoms with Crippen LogP contribution in [0.25, 0.3) is 113 Å². The zero-order chi connectivity index (χ0) is 91.6. The number of benzene rings is 6. The van der Waals surface area contributed by atoms with Gasteiger partial charge in [-0.3, -0.25) is 29.9 Å². The van der Waals surface area contributed by atoms with Crippen molar-refractivity contribution in [2.75, 3.05) is 34.4 Å². The summed E-state index contributed by atoms with van der Waals surface area (Å²) in [4.78, 5) is 69.1. The minimum atomic E-state index is 0.0145. The number of halogens is 6. The Hall–Kier alpha value is -15.2. The van der Waals surface area contributed by atoms with Gasteiger partial charge in [-0.15, -0.1) is 0 Å². The summed E-state index contributed by atoms with van der Waals surface area (Å²) >= 11 is 35.8. The van der Waals surface area contributed by atoms with Gasteiger partial charge in [-0.05, 0) is 162 Å². The molecule has 0 bridgehead atoms. The molecule has 0 fully saturated rings. The second-order valence-electron chi connectivity index (χ2n) is 28.4. The lowest BCUT2D eigenvalue weighted by Gasteiger charge is -2.11. The van der Waals surface area contributed by atoms with Crippen LogP contribution < -0.4 is 34.4 Å². The van der Waals surface area contributed by atoms with Gasteiger partial charge in [0.15, 0.2) is 11.6 Å². The number of hydrogen-bond donors (Lipinski definition) is 12. The second kappa shape index (κ2) is 39.3. The van der Waals surface area contributed by atoms with Crippen LogP contribution in [0.4, 0.5) is 34.9 Å². The quantitative estimate of drug-likeness (QED) is 0.0540. The Balaban J connectivity index is 0.000000131. The molecule has 0 saturated heterocycles. The van der Waals surface area contributed by atoms with E-state index >= 15 is 0 Å². The zero-order valence-corrected chi connectivity index (χ0v) is 73.7. The van der Waals surface area contributed by atoms with Gasteiger partial charge in [-0.25, -0.2) is 59.2 Å². The number of aromatic nitrogens is 20. The maximum absolute atomic E-state index is 9.60. The van der Waals surface area contributed by atoms with Crippen LogP contribution in [0, 0.1) is 34.6 Å². The number of nitrogens with two attached hydrogens (primary N) is 6. The minimum absolute atomic E-state index is 0.0145. The number of aromatic hydroxyl groups is 6. The molecule has 128 heavy (non-hydrogen) atoms. The Labute approximate surface area is 760 Å². The number of allylic oxidation sites excluding steroid dienone is 3. The topological polar surface area (TPSA) is 528 Å². The summed E-state index contributed by atoms with van der Waals surface area (Å²) in [5.41, 5.74) is 54.6. The van der Waals surface area contributed by atoms with Crippen LogP contribution >= 0.6 is 69.6 Å². The predicted molar refractivity (Wildman–Crippen MR) is 500 cm³/mol. The van der Waals surface area contributed by atoms with E-state index in [2.05, 4.69) is 90.0 Å². The van der Waals surface area contributed by atoms with Gasteiger partial charge in [-0.2, -0.15) is 10.2 Å². The number of imidazole rings is 2. The number of rotatable bonds is 12. The average molecular weight is 1840 g/mol. The van der Waals surface area contributed by atoms with Crippen molar-refractivity contribution < 1.29 is 30.6 Å². The fraction of sp³-hybridized carbons (Fsp3) is 0.114. The van der Waals surface area contributed by atoms with E-state index in [0.717, 1.165) is 90.0 Å². The Morgan fingerprint density at radius 3 is 1.09 bits per heavy atom. The third kappa shape index (κ3) is 20.6. The fourth-order valence-electron chi connectivity index (χ4n) is 12.9. The van der Waals surface area contributed by atoms with Gasteiger partial charge in [0.25, 0.3) is 0 Å². The molecule has 12 heterocycles. The summed E-state index contributed by atoms with van der Waals surface area (Å²) in [5, 5.41) is 67.6. The molecule has 40 heteroatoms. The minimum Gasteiger partial charge on any atom is -0.506 e. The number of anilines is 6. The molecule has 0 aliphatic carbocycles. The molecular formula is C88H78Cl6N28O6. The highest BCUT2D eigenvalue weighted by Gasteiger charge is 2.25. The highest BCUT2D eigenvalue weighted by Crippen LogP contribution is 2.41. The number of hydrogen-bond acceptors (Lipinski definition) is 30. The van der Waals surface area contributed by atoms with Crippen LogP contribution in [0.1, 0.15) is 59.5 Å². The lowest BCUT2D eigenvalue weighted by Crippen LogP contribution is -2.08. The van der Waals surface area contributed by atoms with E-state index in [-0.39, 0.29) is 64.6 Å². The van der Waals surface area contributed by atoms with E-state index in [4.69, 9.17) is 104 Å². The molecule has 0 saturated carbocycles. The Morgan fingerprint density at radius 2 is 0.734 bits per heavy atom. The van der Waals surface area contributed by atoms with Crippen molar-refractivity contribution in [1.29, 1.82) is 0 Å². The van der Waals surface area contributed by atoms with Gasteiger partial charge in [0.1, 0.15) is 92.2 Å². The van der Waals surface area contributed by atoms with Crippen LogP contribution in [0.15, 0.2) is 199 Å². The summed E-state index contributed by atoms with van der Waals surface area (Å²) < 4.78 is 7.07. The van der Waals surface area contributed by atoms with Gasteiger partial charge in [0.2, 0.25) is 0 Å². The average Bonchev–Trinajstić information content (AvgIpc) is 1.56. The van der Waals surface area contributed by atoms with Crippen molar-refractivity contribution in [2.45, 2.75) is 54.4 Å². The first kappa shape index (κ1) is 90.5. The molecule has 0 amide bonds. The van der Waals surface area contributed by atoms with Crippen molar-refractivity contribution in [3.8, 4) is 136 Å². The van der Waals surface area contributed by atoms with Crippen molar-refractivity contribution in [1.82, 2.24) is 98.5 Å². The van der Waals surface area contributed by atoms with Crippen LogP contribution in [-0.4, -0.2) is 142 Å². The normalized spacial score (nSPS) is 11.8. The first-order valence-electron chi connectivity index (χ1n) is 38.3. The van der Waals surface area contributed by atoms with Gasteiger partial charge < -0.3 is 74.2 Å². The van der Waals surface area contributed by atoms with Gasteiger partial charge in [0, 0.05) is 113 Å². The van der Waals surface area contributed by atoms with Gasteiger partial charge in [-0.1, -0.05) is 69.6 Å². The molecule has 0 unspecified atom stereocenters. The first-order valence-corrected chi connectivity index (χ1v) is 40.6. The maximum Gasteiger partial charge on any atom is 0.182 e. The Kier molecular flexibility index (Phi) is 27.8. The lowest BCUT2D eigenvalue weighted by molar-refractivity contribution is 0.475. The van der Waals surface area contributed by atoms with Crippen LogP contribution in [-0.2, 0) is 14.1 Å². The lowest BCUT2D eigenvalue weighted by atomic mass is 10.0. The SMILES string of the molecule is CC1=C(c2nc(N)cnc2-c2ccc(O)c(Cl)c2)CC=N1.Cc1ccnn1-c1nc(N)cnc1-c1ccc(O)c(Cl)c1.Cc1ncn(C)c1-c1nc(N)cnc1-c1ccc(O)c(Cl)c1.Cc1nn(-c2nc(N)cnc2-c2ccc(O)c(Cl)c2)c(C)c1C.Cn1cncc1-c1nc(N)cnc1-c1ccc(O)c(Cl)c1.Nc1cnc(-c2ccc(O)c(Cl)c2)c(C2=CN=CC2)n1. The maximum atomic E-state index is 9.60. The molecule has 18 N–H and O–H groups in total. The molecule has 0 spiro atoms. The number of nitrogens with zero attached hydrogens (tertiary/aromatic N) is 22. The first-order chi connectivity index (χ1) is 61.2. The molecule has 10 aromatic heterocycles. The molecule has 0 atom stereocenters. The summed E-state index contributed by atoms with van der Waals surface area (Å²) in [7, 11) is 3.74. The third-order valence-corrected chi connectivity index (χ3v) is 21.4. The van der Waals surface area contributed by atoms with Crippen molar-refractivity contribution in [3.63, 3.8) is 0 Å². The summed E-state index contributed by atoms with van der Waals surface area (Å²) in [6, 6.07) is 31.2. The van der Waals surface area contributed by atoms with Crippen LogP contribution in [0.5, 0.6) is 34.5 Å². The molecule has 16 aromatic rings. The van der Waals surface area contributed by atoms with Crippen molar-refractivity contribution >= 4 is 128 Å². The third-order valence-electron chi connectivity index (χ3n) is 19.6. The highest BCUT2D eigenvalue weighted by molar-refractivity contribution is 6.34. The molecule has 648 valence electrons. The standard InChI is InChI=1S/C16H16ClN5O.C15H14ClN5O.C15H13ClN4O.2C14H12ClN5O.C14H11ClN4O/c1-8-9(2)21-22(10(8)3)16-15(19-7-14(18)20-16)11-4-5-13(23)12(17)6-11;1-8-15(21(2)7-19-8)14-13(18-6-12(17)20-14)9-3-4-11(22)10(16)5-9;1-8-10(4-5-18-8)15-14(19-7-13(17)20-15)9-2-3-12(21)11(16)6-9;1-20-7-17-5-10(20)14-13(18-6-12(16)19-14)8-2-3-11(21)9(15)4-8;1-8-4-5-18-20(8)14-13(17-7-12(16)19-14)9-2-3-11(21)10(15)6-9;15-10-5-8(1-2-11(10)20)13-14(9-3-4-17-6-9)19-12(16)7-18-13/h4-7,23H,1-3H3,(H2,18,20);3-7,22H,1-2H3,(H2,17,20);2-3,5-7,21H,4H2,1H3,(H2,17,20);2*2-7,21H,1H3,(H2,16,19);1-2,4-7,20H,3H2,(H2,16,19). The number of nitrogen functional groups attached to an aromatic ring is 6. The molecule has 6 aromatic carbocycles. The van der Waals surface area contributed by atoms with E-state index in [0.29, 0.717) is 116 Å². The number of aryl methyl sites for hydroxylation is 5. The predicted octanol–water partition coefficient (Wildman–Crippen LogP) is 17.2. The van der Waals surface area contributed by atoms with Crippen LogP contribution in [0.2, 0.25) is 30.1 Å². The Bertz CT molecular complexity index is 6900. The van der Waals surface area contributed by atoms with Crippen molar-refractivity contribution in [3.05, 3.63) is 259 Å². The zero-order valence-electron chi connectivity index (χ0n) is 69.1. The Morgan fingerprint density at radius 1 is 0.359 bits per heavy atom. The van der Waals surface area contributed by atoms with Gasteiger partial charge in [0.05, 0.1) is 143 Å². The van der Waals surface area contributed by atoms with E-state index in [9.17, 15) is 30.6 Å². The highest BCUT2D eigenvalue weighted by atomic mass is 35.5. The molecule has 2 aliphatic rings. The largest absolute Gasteiger partial charge is 0.506 e. The number of phenolic OH excluding ortho intramolecular Hbond substituents is 6. The van der Waals surface area contributed by atoms with E-state index < -0.39 is 0 Å². The van der Waals surface area contributed by atoms with E-state index in [1.807, 2.05) is 77.1 Å². The monoisotopic (exact) mass is 1830 g/mol. The van der Waals surface area contributed by atoms with Crippen molar-refractivity contribution in [2.24, 2.45) is 24.1 Å². The number of aliphatic imine (C=N–C) groups is 2. The summed E-state index contributed by atoms with van der Waals surface area (Å²) in [5.74, 6) is 3.12. The molecule has 34 nitrogen and oxygen atoms in total. The molecule has 2 aliphatic heterocycles. The van der Waals surface area contributed by atoms with E-state index in [1.54, 1.807) is 120 Å². The van der Waals surface area contributed by atoms with E-state index in [1.165, 1.54) is 73.6 Å². The number of phenols is 6. The smallest absolute Gasteiger partial charge is 0.182 e. The second-order valence-corrected chi connectivity index (χ2v) is 30.9. The van der Waals surface area contributed by atoms with Crippen LogP contribution in [0.3, 0.4) is 0 Å².